The van der Waals surface area contributed by atoms with Gasteiger partial charge in [0.1, 0.15) is 6.54 Å². The van der Waals surface area contributed by atoms with Crippen molar-refractivity contribution in [1.82, 2.24) is 19.9 Å². The molecule has 0 aromatic carbocycles. The Morgan fingerprint density at radius 3 is 2.85 bits per heavy atom. The largest absolute Gasteiger partial charge is 0.337 e. The third-order valence-electron chi connectivity index (χ3n) is 1.78. The highest BCUT2D eigenvalue weighted by molar-refractivity contribution is 4.98. The predicted octanol–water partition coefficient (Wildman–Crippen LogP) is 0.931. The first-order chi connectivity index (χ1) is 6.25. The van der Waals surface area contributed by atoms with Gasteiger partial charge in [-0.15, -0.1) is 0 Å². The Balaban J connectivity index is 2.19. The van der Waals surface area contributed by atoms with Crippen LogP contribution >= 0.6 is 0 Å². The summed E-state index contributed by atoms with van der Waals surface area (Å²) in [6.07, 6.45) is 1.75. The molecule has 13 heavy (non-hydrogen) atoms. The van der Waals surface area contributed by atoms with E-state index in [9.17, 15) is 0 Å². The summed E-state index contributed by atoms with van der Waals surface area (Å²) in [5.41, 5.74) is 1.08. The third-order valence-corrected chi connectivity index (χ3v) is 1.78. The average molecular weight is 178 g/mol. The van der Waals surface area contributed by atoms with Crippen molar-refractivity contribution < 1.29 is 4.52 Å². The van der Waals surface area contributed by atoms with Crippen molar-refractivity contribution in [3.8, 4) is 0 Å². The van der Waals surface area contributed by atoms with Crippen molar-refractivity contribution in [3.05, 3.63) is 29.7 Å². The van der Waals surface area contributed by atoms with Crippen molar-refractivity contribution >= 4 is 0 Å². The molecule has 0 aliphatic rings. The van der Waals surface area contributed by atoms with Crippen molar-refractivity contribution in [2.24, 2.45) is 0 Å². The van der Waals surface area contributed by atoms with Crippen LogP contribution in [0.25, 0.3) is 0 Å². The van der Waals surface area contributed by atoms with Gasteiger partial charge >= 0.3 is 0 Å². The minimum atomic E-state index is 0.541. The summed E-state index contributed by atoms with van der Waals surface area (Å²) in [4.78, 5) is 4.09. The normalized spacial score (nSPS) is 10.6. The first-order valence-electron chi connectivity index (χ1n) is 4.03. The fourth-order valence-electron chi connectivity index (χ4n) is 1.10. The van der Waals surface area contributed by atoms with Gasteiger partial charge in [0.15, 0.2) is 5.82 Å². The molecule has 5 heteroatoms. The first-order valence-corrected chi connectivity index (χ1v) is 4.03. The minimum Gasteiger partial charge on any atom is -0.337 e. The zero-order valence-corrected chi connectivity index (χ0v) is 7.56. The van der Waals surface area contributed by atoms with Gasteiger partial charge in [0.05, 0.1) is 0 Å². The first kappa shape index (κ1) is 7.97. The van der Waals surface area contributed by atoms with Gasteiger partial charge in [-0.2, -0.15) is 10.1 Å². The standard InChI is InChI=1S/C8H10N4O/c1-6-3-4-9-12(6)5-8-10-7(2)11-13-8/h3-4H,5H2,1-2H3. The molecule has 0 saturated heterocycles. The van der Waals surface area contributed by atoms with Gasteiger partial charge in [0, 0.05) is 11.9 Å². The summed E-state index contributed by atoms with van der Waals surface area (Å²) >= 11 is 0. The maximum atomic E-state index is 4.97. The predicted molar refractivity (Wildman–Crippen MR) is 45.1 cm³/mol. The van der Waals surface area contributed by atoms with E-state index in [1.807, 2.05) is 17.7 Å². The summed E-state index contributed by atoms with van der Waals surface area (Å²) in [6, 6.07) is 1.93. The maximum absolute atomic E-state index is 4.97. The van der Waals surface area contributed by atoms with Crippen LogP contribution in [0.4, 0.5) is 0 Å². The number of aryl methyl sites for hydroxylation is 2. The van der Waals surface area contributed by atoms with Gasteiger partial charge in [0.25, 0.3) is 0 Å². The molecule has 2 heterocycles. The summed E-state index contributed by atoms with van der Waals surface area (Å²) in [6.45, 7) is 4.32. The second-order valence-corrected chi connectivity index (χ2v) is 2.87. The molecule has 0 aliphatic carbocycles. The molecule has 5 nitrogen and oxygen atoms in total. The zero-order valence-electron chi connectivity index (χ0n) is 7.56. The molecule has 0 aliphatic heterocycles. The van der Waals surface area contributed by atoms with Crippen molar-refractivity contribution in [2.75, 3.05) is 0 Å². The second-order valence-electron chi connectivity index (χ2n) is 2.87. The number of nitrogens with zero attached hydrogens (tertiary/aromatic N) is 4. The molecule has 0 fully saturated rings. The smallest absolute Gasteiger partial charge is 0.248 e. The quantitative estimate of drug-likeness (QED) is 0.686. The summed E-state index contributed by atoms with van der Waals surface area (Å²) in [5, 5.41) is 7.81. The maximum Gasteiger partial charge on any atom is 0.248 e. The molecule has 2 rings (SSSR count). The van der Waals surface area contributed by atoms with E-state index >= 15 is 0 Å². The number of hydrogen-bond donors (Lipinski definition) is 0. The molecule has 0 saturated carbocycles. The Morgan fingerprint density at radius 1 is 1.46 bits per heavy atom. The van der Waals surface area contributed by atoms with Crippen molar-refractivity contribution in [3.63, 3.8) is 0 Å². The van der Waals surface area contributed by atoms with Crippen LogP contribution in [-0.4, -0.2) is 19.9 Å². The van der Waals surface area contributed by atoms with Crippen LogP contribution in [0, 0.1) is 13.8 Å². The molecule has 0 amide bonds. The fraction of sp³-hybridized carbons (Fsp3) is 0.375. The van der Waals surface area contributed by atoms with E-state index in [2.05, 4.69) is 15.2 Å². The van der Waals surface area contributed by atoms with E-state index < -0.39 is 0 Å². The van der Waals surface area contributed by atoms with E-state index in [-0.39, 0.29) is 0 Å². The van der Waals surface area contributed by atoms with E-state index in [0.29, 0.717) is 18.3 Å². The van der Waals surface area contributed by atoms with Crippen LogP contribution in [0.5, 0.6) is 0 Å². The highest BCUT2D eigenvalue weighted by Gasteiger charge is 2.04. The Bertz CT molecular complexity index is 404. The lowest BCUT2D eigenvalue weighted by Gasteiger charge is -1.97. The molecule has 0 N–H and O–H groups in total. The lowest BCUT2D eigenvalue weighted by atomic mass is 10.5. The number of rotatable bonds is 2. The number of aromatic nitrogens is 4. The van der Waals surface area contributed by atoms with Gasteiger partial charge < -0.3 is 4.52 Å². The van der Waals surface area contributed by atoms with E-state index in [4.69, 9.17) is 4.52 Å². The SMILES string of the molecule is Cc1noc(Cn2nccc2C)n1. The van der Waals surface area contributed by atoms with Crippen LogP contribution < -0.4 is 0 Å². The molecule has 68 valence electrons. The zero-order chi connectivity index (χ0) is 9.26. The average Bonchev–Trinajstić information content (AvgIpc) is 2.64. The van der Waals surface area contributed by atoms with Crippen LogP contribution in [0.2, 0.25) is 0 Å². The third kappa shape index (κ3) is 1.58. The van der Waals surface area contributed by atoms with Crippen LogP contribution in [0.1, 0.15) is 17.4 Å². The van der Waals surface area contributed by atoms with Gasteiger partial charge in [-0.1, -0.05) is 5.16 Å². The molecular weight excluding hydrogens is 168 g/mol. The van der Waals surface area contributed by atoms with Crippen LogP contribution in [0.15, 0.2) is 16.8 Å². The minimum absolute atomic E-state index is 0.541. The van der Waals surface area contributed by atoms with E-state index in [1.54, 1.807) is 13.1 Å². The Morgan fingerprint density at radius 2 is 2.31 bits per heavy atom. The van der Waals surface area contributed by atoms with Crippen molar-refractivity contribution in [1.29, 1.82) is 0 Å². The monoisotopic (exact) mass is 178 g/mol. The molecule has 0 unspecified atom stereocenters. The highest BCUT2D eigenvalue weighted by atomic mass is 16.5. The van der Waals surface area contributed by atoms with Crippen LogP contribution in [-0.2, 0) is 6.54 Å². The van der Waals surface area contributed by atoms with Crippen LogP contribution in [0.3, 0.4) is 0 Å². The summed E-state index contributed by atoms with van der Waals surface area (Å²) in [5.74, 6) is 1.24. The molecular formula is C8H10N4O. The van der Waals surface area contributed by atoms with Crippen molar-refractivity contribution in [2.45, 2.75) is 20.4 Å². The Hall–Kier alpha value is -1.65. The fourth-order valence-corrected chi connectivity index (χ4v) is 1.10. The molecule has 0 radical (unpaired) electrons. The molecule has 2 aromatic heterocycles. The Labute approximate surface area is 75.4 Å². The molecule has 2 aromatic rings. The summed E-state index contributed by atoms with van der Waals surface area (Å²) in [7, 11) is 0. The molecule has 0 spiro atoms. The summed E-state index contributed by atoms with van der Waals surface area (Å²) < 4.78 is 6.78. The van der Waals surface area contributed by atoms with Gasteiger partial charge in [-0.25, -0.2) is 0 Å². The van der Waals surface area contributed by atoms with E-state index in [1.165, 1.54) is 0 Å². The second kappa shape index (κ2) is 3.01. The number of hydrogen-bond acceptors (Lipinski definition) is 4. The molecule has 0 atom stereocenters. The highest BCUT2D eigenvalue weighted by Crippen LogP contribution is 2.02. The van der Waals surface area contributed by atoms with E-state index in [0.717, 1.165) is 5.69 Å². The van der Waals surface area contributed by atoms with Gasteiger partial charge in [-0.05, 0) is 19.9 Å². The topological polar surface area (TPSA) is 56.7 Å². The lowest BCUT2D eigenvalue weighted by molar-refractivity contribution is 0.361. The van der Waals surface area contributed by atoms with Gasteiger partial charge in [-0.3, -0.25) is 4.68 Å². The Kier molecular flexibility index (Phi) is 1.84. The lowest BCUT2D eigenvalue weighted by Crippen LogP contribution is -2.03. The van der Waals surface area contributed by atoms with Gasteiger partial charge in [0.2, 0.25) is 5.89 Å². The molecule has 0 bridgehead atoms.